The van der Waals surface area contributed by atoms with Gasteiger partial charge < -0.3 is 37.0 Å². The van der Waals surface area contributed by atoms with Gasteiger partial charge in [-0.25, -0.2) is 58.8 Å². The van der Waals surface area contributed by atoms with E-state index in [0.29, 0.717) is 43.5 Å². The topological polar surface area (TPSA) is 313 Å². The molecular weight excluding hydrogens is 1070 g/mol. The Hall–Kier alpha value is -5.75. The van der Waals surface area contributed by atoms with Crippen LogP contribution in [0.1, 0.15) is 40.1 Å². The Morgan fingerprint density at radius 2 is 1.07 bits per heavy atom. The van der Waals surface area contributed by atoms with E-state index in [1.165, 1.54) is 53.8 Å². The number of hydrogen-bond donors (Lipinski definition) is 4. The van der Waals surface area contributed by atoms with Crippen molar-refractivity contribution < 1.29 is 61.6 Å². The lowest BCUT2D eigenvalue weighted by Gasteiger charge is -2.07. The van der Waals surface area contributed by atoms with Crippen LogP contribution < -0.4 is 22.9 Å². The average molecular weight is 1110 g/mol. The zero-order chi connectivity index (χ0) is 51.2. The number of halogens is 5. The number of carbonyl (C=O) groups excluding carboxylic acids is 2. The molecule has 69 heavy (non-hydrogen) atoms. The van der Waals surface area contributed by atoms with Gasteiger partial charge in [0.05, 0.1) is 66.5 Å². The normalized spacial score (nSPS) is 11.4. The predicted octanol–water partition coefficient (Wildman–Crippen LogP) is 8.53. The van der Waals surface area contributed by atoms with Gasteiger partial charge in [0.2, 0.25) is 0 Å². The Kier molecular flexibility index (Phi) is 20.4. The lowest BCUT2D eigenvalue weighted by atomic mass is 10.1. The number of rotatable bonds is 9. The van der Waals surface area contributed by atoms with Crippen LogP contribution in [0.25, 0.3) is 30.6 Å². The number of aromatic nitrogens is 3. The van der Waals surface area contributed by atoms with Crippen LogP contribution >= 0.6 is 56.6 Å². The lowest BCUT2D eigenvalue weighted by Crippen LogP contribution is -2.08. The molecule has 368 valence electrons. The number of sulfone groups is 1. The van der Waals surface area contributed by atoms with Crippen molar-refractivity contribution in [2.45, 2.75) is 29.4 Å². The van der Waals surface area contributed by atoms with Crippen LogP contribution in [0, 0.1) is 17.5 Å². The van der Waals surface area contributed by atoms with Crippen molar-refractivity contribution in [3.63, 3.8) is 0 Å². The van der Waals surface area contributed by atoms with Gasteiger partial charge in [0.15, 0.2) is 25.2 Å². The maximum atomic E-state index is 13.8. The number of nitrogens with two attached hydrogens (primary N) is 4. The van der Waals surface area contributed by atoms with E-state index in [0.717, 1.165) is 51.1 Å². The first kappa shape index (κ1) is 55.8. The smallest absolute Gasteiger partial charge is 0.338 e. The van der Waals surface area contributed by atoms with Crippen LogP contribution in [-0.4, -0.2) is 65.7 Å². The summed E-state index contributed by atoms with van der Waals surface area (Å²) in [4.78, 5) is 34.0. The summed E-state index contributed by atoms with van der Waals surface area (Å²) in [5.41, 5.74) is 24.9. The number of nitrogens with zero attached hydrogens (tertiary/aromatic N) is 3. The van der Waals surface area contributed by atoms with Gasteiger partial charge in [0, 0.05) is 16.4 Å². The number of carbonyl (C=O) groups is 2. The molecule has 0 aliphatic carbocycles. The third kappa shape index (κ3) is 16.7. The van der Waals surface area contributed by atoms with Gasteiger partial charge in [0.25, 0.3) is 9.05 Å². The molecule has 0 bridgehead atoms. The first-order chi connectivity index (χ1) is 32.4. The predicted molar refractivity (Wildman–Crippen MR) is 261 cm³/mol. The van der Waals surface area contributed by atoms with Crippen LogP contribution in [0.4, 0.5) is 34.3 Å². The van der Waals surface area contributed by atoms with E-state index in [4.69, 9.17) is 51.9 Å². The summed E-state index contributed by atoms with van der Waals surface area (Å²) in [6, 6.07) is 21.2. The second-order valence-corrected chi connectivity index (χ2v) is 21.6. The first-order valence-corrected chi connectivity index (χ1v) is 26.5. The number of hydrogen-bond acceptors (Lipinski definition) is 21. The molecule has 0 spiro atoms. The highest BCUT2D eigenvalue weighted by Crippen LogP contribution is 2.33. The van der Waals surface area contributed by atoms with Crippen LogP contribution in [0.5, 0.6) is 0 Å². The molecule has 8 rings (SSSR count). The second kappa shape index (κ2) is 25.2. The summed E-state index contributed by atoms with van der Waals surface area (Å²) in [5.74, 6) is -2.75. The number of esters is 2. The van der Waals surface area contributed by atoms with Crippen molar-refractivity contribution in [2.75, 3.05) is 36.1 Å². The van der Waals surface area contributed by atoms with Crippen molar-refractivity contribution in [2.24, 2.45) is 0 Å². The number of ether oxygens (including phenoxy) is 2. The fourth-order valence-corrected chi connectivity index (χ4v) is 10.4. The molecular formula is C40H35Cl2F3N7O11S6-. The van der Waals surface area contributed by atoms with Crippen molar-refractivity contribution in [1.29, 1.82) is 0 Å². The monoisotopic (exact) mass is 1110 g/mol. The minimum atomic E-state index is -4.02. The fraction of sp³-hybridized carbons (Fsp3) is 0.125. The van der Waals surface area contributed by atoms with Gasteiger partial charge in [-0.3, -0.25) is 0 Å². The largest absolute Gasteiger partial charge is 0.749 e. The summed E-state index contributed by atoms with van der Waals surface area (Å²) in [6.07, 6.45) is 0. The Bertz CT molecular complexity index is 3330. The molecule has 18 nitrogen and oxygen atoms in total. The highest BCUT2D eigenvalue weighted by atomic mass is 35.7. The molecule has 0 amide bonds. The molecule has 1 atom stereocenters. The number of nitrogen functional groups attached to an aromatic ring is 4. The molecule has 3 heterocycles. The zero-order valence-corrected chi connectivity index (χ0v) is 41.7. The summed E-state index contributed by atoms with van der Waals surface area (Å²) in [6.45, 7) is 4.11. The number of benzene rings is 5. The van der Waals surface area contributed by atoms with Crippen LogP contribution in [0.15, 0.2) is 101 Å². The molecule has 0 saturated carbocycles. The van der Waals surface area contributed by atoms with Gasteiger partial charge in [0.1, 0.15) is 44.7 Å². The van der Waals surface area contributed by atoms with Crippen molar-refractivity contribution in [3.8, 4) is 0 Å². The van der Waals surface area contributed by atoms with E-state index in [2.05, 4.69) is 30.6 Å². The SMILES string of the molecule is CCOC(=O)c1ccc(CS(=O)(=O)c2cc(F)cc3sc(N)nc23)cc1.CCOC(=O)c1ccc(N)cc1.Nc1nc2c(S(=O)(=O)Cl)cc(F)cc2s1.Nc1nc2ccc(F)cc2s1.O=S([O-])OCl. The highest BCUT2D eigenvalue weighted by Gasteiger charge is 2.23. The van der Waals surface area contributed by atoms with Crippen LogP contribution in [0.2, 0.25) is 0 Å². The van der Waals surface area contributed by atoms with Crippen LogP contribution in [-0.2, 0) is 49.2 Å². The van der Waals surface area contributed by atoms with Gasteiger partial charge in [-0.1, -0.05) is 46.1 Å². The van der Waals surface area contributed by atoms with E-state index in [1.54, 1.807) is 44.2 Å². The van der Waals surface area contributed by atoms with Crippen molar-refractivity contribution in [1.82, 2.24) is 15.0 Å². The maximum absolute atomic E-state index is 13.8. The summed E-state index contributed by atoms with van der Waals surface area (Å²) < 4.78 is 120. The van der Waals surface area contributed by atoms with Crippen LogP contribution in [0.3, 0.4) is 0 Å². The molecule has 8 aromatic rings. The highest BCUT2D eigenvalue weighted by molar-refractivity contribution is 8.14. The van der Waals surface area contributed by atoms with E-state index < -0.39 is 47.9 Å². The molecule has 0 radical (unpaired) electrons. The van der Waals surface area contributed by atoms with Gasteiger partial charge >= 0.3 is 11.9 Å². The Morgan fingerprint density at radius 3 is 1.54 bits per heavy atom. The molecule has 0 aliphatic rings. The molecule has 1 unspecified atom stereocenters. The first-order valence-electron chi connectivity index (χ1n) is 18.8. The van der Waals surface area contributed by atoms with E-state index >= 15 is 0 Å². The standard InChI is InChI=1S/C17H15FN2O4S2.C9H11NO2.C7H4ClFN2O2S2.C7H5FN2S.ClHO3S/c1-2-24-16(21)11-5-3-10(4-6-11)9-26(22,23)14-8-12(18)7-13-15(14)20-17(19)25-13;1-2-12-9(11)7-3-5-8(10)6-4-7;8-15(12,13)5-2-3(9)1-4-6(5)11-7(10)14-4;8-4-1-2-5-6(3-4)11-7(9)10-5;1-4-5(2)3/h3-8H,2,9H2,1H3,(H2,19,20);3-6H,2,10H2,1H3;1-2H,(H2,10,11);1-3H,(H2,9,10);(H,2,3)/p-1. The molecule has 3 aromatic heterocycles. The molecule has 0 saturated heterocycles. The van der Waals surface area contributed by atoms with Gasteiger partial charge in [-0.2, -0.15) is 3.74 Å². The number of anilines is 4. The molecule has 5 aromatic carbocycles. The summed E-state index contributed by atoms with van der Waals surface area (Å²) in [5, 5.41) is 0.809. The van der Waals surface area contributed by atoms with Crippen molar-refractivity contribution >= 4 is 150 Å². The molecule has 0 aliphatic heterocycles. The Labute approximate surface area is 415 Å². The Morgan fingerprint density at radius 1 is 0.652 bits per heavy atom. The second-order valence-electron chi connectivity index (χ2n) is 13.0. The Balaban J connectivity index is 0.000000206. The third-order valence-corrected chi connectivity index (χ3v) is 14.1. The fourth-order valence-electron chi connectivity index (χ4n) is 5.39. The summed E-state index contributed by atoms with van der Waals surface area (Å²) in [7, 11) is -2.73. The quantitative estimate of drug-likeness (QED) is 0.0455. The molecule has 0 fully saturated rings. The van der Waals surface area contributed by atoms with E-state index in [9.17, 15) is 39.6 Å². The molecule has 8 N–H and O–H groups in total. The average Bonchev–Trinajstić information content (AvgIpc) is 3.97. The minimum absolute atomic E-state index is 0.105. The van der Waals surface area contributed by atoms with Crippen molar-refractivity contribution in [3.05, 3.63) is 125 Å². The maximum Gasteiger partial charge on any atom is 0.338 e. The van der Waals surface area contributed by atoms with Gasteiger partial charge in [-0.15, -0.1) is 0 Å². The third-order valence-electron chi connectivity index (χ3n) is 8.14. The van der Waals surface area contributed by atoms with Gasteiger partial charge in [-0.05, 0) is 98.3 Å². The zero-order valence-electron chi connectivity index (χ0n) is 35.3. The number of fused-ring (bicyclic) bond motifs is 3. The minimum Gasteiger partial charge on any atom is -0.749 e. The van der Waals surface area contributed by atoms with E-state index in [1.807, 2.05) is 0 Å². The lowest BCUT2D eigenvalue weighted by molar-refractivity contribution is 0.0517. The molecule has 29 heteroatoms. The summed E-state index contributed by atoms with van der Waals surface area (Å²) >= 11 is 4.98. The van der Waals surface area contributed by atoms with E-state index in [-0.39, 0.29) is 55.2 Å². The number of thiazole rings is 3.